The van der Waals surface area contributed by atoms with Crippen LogP contribution >= 0.6 is 0 Å². The lowest BCUT2D eigenvalue weighted by Gasteiger charge is -2.10. The average molecular weight is 344 g/mol. The molecule has 0 atom stereocenters. The second kappa shape index (κ2) is 6.56. The summed E-state index contributed by atoms with van der Waals surface area (Å²) in [6.45, 7) is 2.05. The minimum absolute atomic E-state index is 0.629. The van der Waals surface area contributed by atoms with Gasteiger partial charge in [0.25, 0.3) is 0 Å². The highest BCUT2D eigenvalue weighted by molar-refractivity contribution is 5.98. The van der Waals surface area contributed by atoms with Crippen molar-refractivity contribution in [3.63, 3.8) is 0 Å². The number of ether oxygens (including phenoxy) is 2. The van der Waals surface area contributed by atoms with Crippen molar-refractivity contribution >= 4 is 10.9 Å². The molecular formula is C22H20N2O2. The molecule has 0 spiro atoms. The molecule has 0 amide bonds. The van der Waals surface area contributed by atoms with E-state index in [4.69, 9.17) is 9.47 Å². The van der Waals surface area contributed by atoms with E-state index in [0.29, 0.717) is 5.88 Å². The Kier molecular flexibility index (Phi) is 4.09. The summed E-state index contributed by atoms with van der Waals surface area (Å²) in [5, 5.41) is 1.11. The van der Waals surface area contributed by atoms with E-state index in [9.17, 15) is 0 Å². The maximum atomic E-state index is 6.09. The standard InChI is InChI=1S/C22H20N2O2/c1-15-9-10-16(13-20(15)26-17-7-5-4-6-8-17)19-14-24(2)21-18(19)11-12-23-22(21)25-3/h4-14H,1-3H3. The molecule has 26 heavy (non-hydrogen) atoms. The molecule has 130 valence electrons. The average Bonchev–Trinajstić information content (AvgIpc) is 3.01. The first kappa shape index (κ1) is 16.2. The van der Waals surface area contributed by atoms with Crippen LogP contribution in [0.2, 0.25) is 0 Å². The van der Waals surface area contributed by atoms with Gasteiger partial charge >= 0.3 is 0 Å². The largest absolute Gasteiger partial charge is 0.479 e. The number of fused-ring (bicyclic) bond motifs is 1. The molecule has 2 aromatic carbocycles. The van der Waals surface area contributed by atoms with Crippen molar-refractivity contribution in [1.29, 1.82) is 0 Å². The lowest BCUT2D eigenvalue weighted by molar-refractivity contribution is 0.401. The third kappa shape index (κ3) is 2.80. The molecule has 0 bridgehead atoms. The molecule has 2 aromatic heterocycles. The third-order valence-corrected chi connectivity index (χ3v) is 4.52. The van der Waals surface area contributed by atoms with Gasteiger partial charge in [0.2, 0.25) is 5.88 Å². The quantitative estimate of drug-likeness (QED) is 0.501. The molecule has 4 heteroatoms. The van der Waals surface area contributed by atoms with Gasteiger partial charge in [0, 0.05) is 30.4 Å². The number of hydrogen-bond acceptors (Lipinski definition) is 3. The lowest BCUT2D eigenvalue weighted by Crippen LogP contribution is -1.92. The summed E-state index contributed by atoms with van der Waals surface area (Å²) in [5.41, 5.74) is 4.30. The highest BCUT2D eigenvalue weighted by atomic mass is 16.5. The number of nitrogens with zero attached hydrogens (tertiary/aromatic N) is 2. The minimum atomic E-state index is 0.629. The lowest BCUT2D eigenvalue weighted by atomic mass is 10.0. The van der Waals surface area contributed by atoms with Crippen LogP contribution in [0.4, 0.5) is 0 Å². The van der Waals surface area contributed by atoms with Crippen LogP contribution in [-0.2, 0) is 7.05 Å². The van der Waals surface area contributed by atoms with Crippen LogP contribution < -0.4 is 9.47 Å². The number of methoxy groups -OCH3 is 1. The fraction of sp³-hybridized carbons (Fsp3) is 0.136. The summed E-state index contributed by atoms with van der Waals surface area (Å²) in [6, 6.07) is 18.2. The Morgan fingerprint density at radius 1 is 1.00 bits per heavy atom. The predicted octanol–water partition coefficient (Wildman–Crippen LogP) is 5.35. The number of hydrogen-bond donors (Lipinski definition) is 0. The Morgan fingerprint density at radius 2 is 1.81 bits per heavy atom. The number of benzene rings is 2. The van der Waals surface area contributed by atoms with Crippen molar-refractivity contribution in [2.24, 2.45) is 7.05 Å². The molecule has 0 fully saturated rings. The van der Waals surface area contributed by atoms with Crippen molar-refractivity contribution < 1.29 is 9.47 Å². The van der Waals surface area contributed by atoms with Gasteiger partial charge in [-0.3, -0.25) is 0 Å². The Hall–Kier alpha value is -3.27. The van der Waals surface area contributed by atoms with Gasteiger partial charge in [0.15, 0.2) is 0 Å². The molecule has 4 rings (SSSR count). The van der Waals surface area contributed by atoms with E-state index >= 15 is 0 Å². The van der Waals surface area contributed by atoms with Crippen LogP contribution in [0.1, 0.15) is 5.56 Å². The molecule has 2 heterocycles. The van der Waals surface area contributed by atoms with Crippen molar-refractivity contribution in [3.8, 4) is 28.5 Å². The van der Waals surface area contributed by atoms with Gasteiger partial charge in [0.05, 0.1) is 7.11 Å². The van der Waals surface area contributed by atoms with Gasteiger partial charge in [-0.05, 0) is 42.3 Å². The molecule has 0 unspecified atom stereocenters. The minimum Gasteiger partial charge on any atom is -0.479 e. The fourth-order valence-corrected chi connectivity index (χ4v) is 3.19. The smallest absolute Gasteiger partial charge is 0.238 e. The Bertz CT molecular complexity index is 1070. The molecule has 0 aliphatic rings. The van der Waals surface area contributed by atoms with Crippen LogP contribution in [0, 0.1) is 6.92 Å². The van der Waals surface area contributed by atoms with Gasteiger partial charge in [-0.1, -0.05) is 30.3 Å². The van der Waals surface area contributed by atoms with Gasteiger partial charge in [-0.2, -0.15) is 0 Å². The SMILES string of the molecule is COc1nccc2c(-c3ccc(C)c(Oc4ccccc4)c3)cn(C)c12. The molecule has 0 N–H and O–H groups in total. The fourth-order valence-electron chi connectivity index (χ4n) is 3.19. The molecule has 0 aliphatic carbocycles. The monoisotopic (exact) mass is 344 g/mol. The first-order valence-corrected chi connectivity index (χ1v) is 8.49. The number of para-hydroxylation sites is 1. The van der Waals surface area contributed by atoms with Gasteiger partial charge in [0.1, 0.15) is 17.0 Å². The van der Waals surface area contributed by atoms with Crippen LogP contribution in [0.15, 0.2) is 67.0 Å². The third-order valence-electron chi connectivity index (χ3n) is 4.52. The van der Waals surface area contributed by atoms with Crippen molar-refractivity contribution in [1.82, 2.24) is 9.55 Å². The maximum absolute atomic E-state index is 6.09. The number of aryl methyl sites for hydroxylation is 2. The Morgan fingerprint density at radius 3 is 2.58 bits per heavy atom. The van der Waals surface area contributed by atoms with E-state index in [2.05, 4.69) is 36.3 Å². The summed E-state index contributed by atoms with van der Waals surface area (Å²) in [4.78, 5) is 4.31. The summed E-state index contributed by atoms with van der Waals surface area (Å²) in [6.07, 6.45) is 3.88. The zero-order chi connectivity index (χ0) is 18.1. The molecule has 4 aromatic rings. The molecule has 0 aliphatic heterocycles. The molecule has 0 saturated carbocycles. The summed E-state index contributed by atoms with van der Waals surface area (Å²) in [7, 11) is 3.65. The topological polar surface area (TPSA) is 36.3 Å². The summed E-state index contributed by atoms with van der Waals surface area (Å²) < 4.78 is 13.6. The van der Waals surface area contributed by atoms with Gasteiger partial charge < -0.3 is 14.0 Å². The number of rotatable bonds is 4. The van der Waals surface area contributed by atoms with Crippen molar-refractivity contribution in [3.05, 3.63) is 72.6 Å². The van der Waals surface area contributed by atoms with Gasteiger partial charge in [-0.25, -0.2) is 4.98 Å². The van der Waals surface area contributed by atoms with Crippen LogP contribution in [0.5, 0.6) is 17.4 Å². The zero-order valence-electron chi connectivity index (χ0n) is 15.1. The molecule has 4 nitrogen and oxygen atoms in total. The molecule has 0 radical (unpaired) electrons. The summed E-state index contributed by atoms with van der Waals surface area (Å²) in [5.74, 6) is 2.31. The maximum Gasteiger partial charge on any atom is 0.238 e. The first-order valence-electron chi connectivity index (χ1n) is 8.49. The molecule has 0 saturated heterocycles. The van der Waals surface area contributed by atoms with E-state index in [1.807, 2.05) is 48.0 Å². The highest BCUT2D eigenvalue weighted by Crippen LogP contribution is 2.36. The van der Waals surface area contributed by atoms with Crippen LogP contribution in [-0.4, -0.2) is 16.7 Å². The van der Waals surface area contributed by atoms with Gasteiger partial charge in [-0.15, -0.1) is 0 Å². The summed E-state index contributed by atoms with van der Waals surface area (Å²) >= 11 is 0. The Labute approximate surface area is 152 Å². The van der Waals surface area contributed by atoms with Crippen LogP contribution in [0.3, 0.4) is 0 Å². The molecular weight excluding hydrogens is 324 g/mol. The van der Waals surface area contributed by atoms with Crippen LogP contribution in [0.25, 0.3) is 22.0 Å². The van der Waals surface area contributed by atoms with Crippen molar-refractivity contribution in [2.75, 3.05) is 7.11 Å². The van der Waals surface area contributed by atoms with E-state index in [1.165, 1.54) is 0 Å². The number of pyridine rings is 1. The van der Waals surface area contributed by atoms with E-state index in [-0.39, 0.29) is 0 Å². The second-order valence-corrected chi connectivity index (χ2v) is 6.27. The predicted molar refractivity (Wildman–Crippen MR) is 104 cm³/mol. The normalized spacial score (nSPS) is 10.9. The van der Waals surface area contributed by atoms with E-state index < -0.39 is 0 Å². The highest BCUT2D eigenvalue weighted by Gasteiger charge is 2.14. The van der Waals surface area contributed by atoms with E-state index in [0.717, 1.165) is 39.1 Å². The first-order chi connectivity index (χ1) is 12.7. The second-order valence-electron chi connectivity index (χ2n) is 6.27. The van der Waals surface area contributed by atoms with Crippen molar-refractivity contribution in [2.45, 2.75) is 6.92 Å². The number of aromatic nitrogens is 2. The Balaban J connectivity index is 1.82. The van der Waals surface area contributed by atoms with E-state index in [1.54, 1.807) is 13.3 Å². The zero-order valence-corrected chi connectivity index (χ0v) is 15.1.